The van der Waals surface area contributed by atoms with Crippen LogP contribution in [-0.4, -0.2) is 25.7 Å². The van der Waals surface area contributed by atoms with Crippen molar-refractivity contribution in [1.29, 1.82) is 0 Å². The Hall–Kier alpha value is -3.71. The van der Waals surface area contributed by atoms with Crippen LogP contribution < -0.4 is 11.1 Å². The lowest BCUT2D eigenvalue weighted by Crippen LogP contribution is -2.42. The molecule has 4 aromatic rings. The zero-order valence-corrected chi connectivity index (χ0v) is 19.2. The highest BCUT2D eigenvalue weighted by Crippen LogP contribution is 2.21. The molecule has 8 heteroatoms. The minimum absolute atomic E-state index is 0.154. The van der Waals surface area contributed by atoms with Crippen molar-refractivity contribution in [1.82, 2.24) is 14.1 Å². The van der Waals surface area contributed by atoms with E-state index in [2.05, 4.69) is 4.98 Å². The van der Waals surface area contributed by atoms with E-state index in [9.17, 15) is 19.2 Å². The third-order valence-corrected chi connectivity index (χ3v) is 5.98. The lowest BCUT2D eigenvalue weighted by atomic mass is 10.1. The number of benzene rings is 2. The molecule has 168 valence electrons. The second-order valence-electron chi connectivity index (χ2n) is 8.01. The molecule has 0 bridgehead atoms. The number of Topliss-reactive ketones (excluding diaryl/α,β-unsaturated/α-hetero) is 2. The minimum atomic E-state index is -0.818. The van der Waals surface area contributed by atoms with Crippen LogP contribution in [0.1, 0.15) is 44.6 Å². The number of halogens is 1. The van der Waals surface area contributed by atoms with Gasteiger partial charge in [0.15, 0.2) is 11.6 Å². The first kappa shape index (κ1) is 22.5. The molecule has 0 radical (unpaired) electrons. The summed E-state index contributed by atoms with van der Waals surface area (Å²) in [5, 5.41) is 0.374. The largest absolute Gasteiger partial charge is 0.355 e. The van der Waals surface area contributed by atoms with Crippen LogP contribution in [0.2, 0.25) is 5.02 Å². The van der Waals surface area contributed by atoms with Crippen LogP contribution in [0.5, 0.6) is 0 Å². The van der Waals surface area contributed by atoms with Gasteiger partial charge in [0, 0.05) is 16.3 Å². The van der Waals surface area contributed by atoms with E-state index < -0.39 is 16.9 Å². The van der Waals surface area contributed by atoms with Crippen molar-refractivity contribution in [3.63, 3.8) is 0 Å². The molecule has 2 heterocycles. The van der Waals surface area contributed by atoms with Gasteiger partial charge < -0.3 is 4.98 Å². The fourth-order valence-corrected chi connectivity index (χ4v) is 4.42. The first-order chi connectivity index (χ1) is 15.7. The molecule has 7 nitrogen and oxygen atoms in total. The second-order valence-corrected chi connectivity index (χ2v) is 8.44. The van der Waals surface area contributed by atoms with Crippen LogP contribution in [0, 0.1) is 13.8 Å². The van der Waals surface area contributed by atoms with Crippen molar-refractivity contribution in [3.05, 3.63) is 102 Å². The van der Waals surface area contributed by atoms with E-state index in [0.29, 0.717) is 32.9 Å². The number of carbonyl (C=O) groups is 2. The average molecular weight is 464 g/mol. The third-order valence-electron chi connectivity index (χ3n) is 5.75. The second kappa shape index (κ2) is 8.67. The highest BCUT2D eigenvalue weighted by Gasteiger charge is 2.22. The molecule has 0 spiro atoms. The topological polar surface area (TPSA) is 93.9 Å². The highest BCUT2D eigenvalue weighted by molar-refractivity contribution is 6.31. The Kier molecular flexibility index (Phi) is 5.91. The Morgan fingerprint density at radius 1 is 0.939 bits per heavy atom. The number of hydrogen-bond donors (Lipinski definition) is 1. The van der Waals surface area contributed by atoms with Crippen molar-refractivity contribution < 1.29 is 9.59 Å². The Balaban J connectivity index is 1.86. The summed E-state index contributed by atoms with van der Waals surface area (Å²) in [7, 11) is 0. The summed E-state index contributed by atoms with van der Waals surface area (Å²) in [5.41, 5.74) is 1.99. The van der Waals surface area contributed by atoms with Gasteiger partial charge in [-0.05, 0) is 50.1 Å². The quantitative estimate of drug-likeness (QED) is 0.346. The number of aromatic amines is 1. The van der Waals surface area contributed by atoms with Crippen LogP contribution in [-0.2, 0) is 13.1 Å². The molecule has 0 amide bonds. The number of fused-ring (bicyclic) bond motifs is 1. The lowest BCUT2D eigenvalue weighted by molar-refractivity contribution is 0.0967. The number of H-pyrrole nitrogens is 1. The Morgan fingerprint density at radius 3 is 2.24 bits per heavy atom. The van der Waals surface area contributed by atoms with E-state index in [1.54, 1.807) is 32.0 Å². The molecule has 2 aromatic heterocycles. The molecule has 0 saturated carbocycles. The summed E-state index contributed by atoms with van der Waals surface area (Å²) in [6.07, 6.45) is 0. The van der Waals surface area contributed by atoms with Crippen LogP contribution in [0.15, 0.2) is 58.1 Å². The molecule has 0 aliphatic heterocycles. The summed E-state index contributed by atoms with van der Waals surface area (Å²) in [6.45, 7) is 4.67. The van der Waals surface area contributed by atoms with Gasteiger partial charge in [-0.25, -0.2) is 0 Å². The molecular formula is C25H22ClN3O4. The van der Waals surface area contributed by atoms with Gasteiger partial charge in [0.1, 0.15) is 0 Å². The van der Waals surface area contributed by atoms with Gasteiger partial charge >= 0.3 is 11.1 Å². The van der Waals surface area contributed by atoms with Crippen LogP contribution >= 0.6 is 11.6 Å². The molecule has 0 aliphatic rings. The number of nitrogens with one attached hydrogen (secondary N) is 1. The van der Waals surface area contributed by atoms with Gasteiger partial charge in [0.2, 0.25) is 0 Å². The fourth-order valence-electron chi connectivity index (χ4n) is 4.25. The SMILES string of the molecule is CC(=O)c1c(C)[nH]c(C(=O)Cn2c(=O)c(=O)n(Cc3ccccc3)c3ccc(Cl)cc32)c1C. The number of aromatic nitrogens is 3. The summed E-state index contributed by atoms with van der Waals surface area (Å²) >= 11 is 6.20. The molecule has 0 fully saturated rings. The van der Waals surface area contributed by atoms with E-state index in [1.807, 2.05) is 30.3 Å². The highest BCUT2D eigenvalue weighted by atomic mass is 35.5. The van der Waals surface area contributed by atoms with Gasteiger partial charge in [-0.1, -0.05) is 41.9 Å². The third kappa shape index (κ3) is 4.07. The van der Waals surface area contributed by atoms with Crippen molar-refractivity contribution in [2.75, 3.05) is 0 Å². The summed E-state index contributed by atoms with van der Waals surface area (Å²) in [6, 6.07) is 14.2. The molecule has 0 saturated heterocycles. The van der Waals surface area contributed by atoms with Gasteiger partial charge in [-0.15, -0.1) is 0 Å². The smallest absolute Gasteiger partial charge is 0.317 e. The Bertz CT molecular complexity index is 1530. The number of hydrogen-bond acceptors (Lipinski definition) is 4. The number of aryl methyl sites for hydroxylation is 1. The number of nitrogens with zero attached hydrogens (tertiary/aromatic N) is 2. The van der Waals surface area contributed by atoms with Crippen LogP contribution in [0.25, 0.3) is 11.0 Å². The monoisotopic (exact) mass is 463 g/mol. The first-order valence-corrected chi connectivity index (χ1v) is 10.8. The van der Waals surface area contributed by atoms with Gasteiger partial charge in [0.05, 0.1) is 29.8 Å². The molecule has 2 aromatic carbocycles. The van der Waals surface area contributed by atoms with E-state index in [-0.39, 0.29) is 24.6 Å². The Morgan fingerprint density at radius 2 is 1.61 bits per heavy atom. The van der Waals surface area contributed by atoms with Crippen molar-refractivity contribution in [2.45, 2.75) is 33.9 Å². The van der Waals surface area contributed by atoms with Crippen molar-refractivity contribution in [2.24, 2.45) is 0 Å². The summed E-state index contributed by atoms with van der Waals surface area (Å²) in [5.74, 6) is -0.565. The predicted molar refractivity (Wildman–Crippen MR) is 128 cm³/mol. The zero-order chi connectivity index (χ0) is 23.9. The Labute approximate surface area is 194 Å². The lowest BCUT2D eigenvalue weighted by Gasteiger charge is -2.15. The number of carbonyl (C=O) groups excluding carboxylic acids is 2. The van der Waals surface area contributed by atoms with E-state index in [4.69, 9.17) is 11.6 Å². The van der Waals surface area contributed by atoms with Crippen LogP contribution in [0.4, 0.5) is 0 Å². The van der Waals surface area contributed by atoms with Gasteiger partial charge in [0.25, 0.3) is 0 Å². The minimum Gasteiger partial charge on any atom is -0.355 e. The first-order valence-electron chi connectivity index (χ1n) is 10.4. The van der Waals surface area contributed by atoms with E-state index in [1.165, 1.54) is 11.5 Å². The maximum absolute atomic E-state index is 13.1. The van der Waals surface area contributed by atoms with Crippen molar-refractivity contribution >= 4 is 34.2 Å². The fraction of sp³-hybridized carbons (Fsp3) is 0.200. The molecule has 0 unspecified atom stereocenters. The maximum Gasteiger partial charge on any atom is 0.317 e. The predicted octanol–water partition coefficient (Wildman–Crippen LogP) is 3.90. The van der Waals surface area contributed by atoms with Gasteiger partial charge in [-0.3, -0.25) is 28.3 Å². The molecular weight excluding hydrogens is 442 g/mol. The molecule has 33 heavy (non-hydrogen) atoms. The zero-order valence-electron chi connectivity index (χ0n) is 18.4. The van der Waals surface area contributed by atoms with E-state index >= 15 is 0 Å². The number of ketones is 2. The average Bonchev–Trinajstić information content (AvgIpc) is 3.09. The molecule has 1 N–H and O–H groups in total. The van der Waals surface area contributed by atoms with E-state index in [0.717, 1.165) is 10.1 Å². The molecule has 4 rings (SSSR count). The van der Waals surface area contributed by atoms with Gasteiger partial charge in [-0.2, -0.15) is 0 Å². The molecule has 0 aliphatic carbocycles. The standard InChI is InChI=1S/C25H22ClN3O4/c1-14-22(16(3)30)15(2)27-23(14)21(31)13-29-20-11-18(26)9-10-19(20)28(24(32)25(29)33)12-17-7-5-4-6-8-17/h4-11,27H,12-13H2,1-3H3. The number of rotatable bonds is 6. The van der Waals surface area contributed by atoms with Crippen LogP contribution in [0.3, 0.4) is 0 Å². The summed E-state index contributed by atoms with van der Waals surface area (Å²) in [4.78, 5) is 54.2. The maximum atomic E-state index is 13.1. The molecule has 0 atom stereocenters. The summed E-state index contributed by atoms with van der Waals surface area (Å²) < 4.78 is 2.54. The normalized spacial score (nSPS) is 11.2. The van der Waals surface area contributed by atoms with Crippen molar-refractivity contribution in [3.8, 4) is 0 Å².